The van der Waals surface area contributed by atoms with Gasteiger partial charge in [0.05, 0.1) is 19.8 Å². The SMILES string of the molecule is CC(=O)N(CCN1CCOCC1)CC(=O)NCCc1cccc(Cl)c1. The highest BCUT2D eigenvalue weighted by Gasteiger charge is 2.16. The Kier molecular flexibility index (Phi) is 8.18. The number of morpholine rings is 1. The molecule has 0 unspecified atom stereocenters. The molecule has 0 saturated carbocycles. The van der Waals surface area contributed by atoms with Gasteiger partial charge in [0.1, 0.15) is 0 Å². The van der Waals surface area contributed by atoms with E-state index < -0.39 is 0 Å². The first-order chi connectivity index (χ1) is 12.0. The zero-order valence-corrected chi connectivity index (χ0v) is 15.4. The minimum absolute atomic E-state index is 0.0850. The molecule has 0 aromatic heterocycles. The molecule has 0 radical (unpaired) electrons. The predicted molar refractivity (Wildman–Crippen MR) is 97.7 cm³/mol. The van der Waals surface area contributed by atoms with Crippen molar-refractivity contribution >= 4 is 23.4 Å². The standard InChI is InChI=1S/C18H26ClN3O3/c1-15(23)22(8-7-21-9-11-25-12-10-21)14-18(24)20-6-5-16-3-2-4-17(19)13-16/h2-4,13H,5-12,14H2,1H3,(H,20,24). The molecule has 2 rings (SSSR count). The van der Waals surface area contributed by atoms with Crippen LogP contribution in [0.3, 0.4) is 0 Å². The third-order valence-corrected chi connectivity index (χ3v) is 4.43. The summed E-state index contributed by atoms with van der Waals surface area (Å²) in [7, 11) is 0. The first kappa shape index (κ1) is 19.7. The lowest BCUT2D eigenvalue weighted by Crippen LogP contribution is -2.45. The molecular formula is C18H26ClN3O3. The Hall–Kier alpha value is -1.63. The van der Waals surface area contributed by atoms with Gasteiger partial charge in [-0.05, 0) is 24.1 Å². The maximum Gasteiger partial charge on any atom is 0.239 e. The Labute approximate surface area is 154 Å². The number of amides is 2. The fraction of sp³-hybridized carbons (Fsp3) is 0.556. The number of carbonyl (C=O) groups excluding carboxylic acids is 2. The molecule has 7 heteroatoms. The molecule has 1 saturated heterocycles. The number of hydrogen-bond donors (Lipinski definition) is 1. The summed E-state index contributed by atoms with van der Waals surface area (Å²) in [5.41, 5.74) is 1.07. The van der Waals surface area contributed by atoms with Gasteiger partial charge in [0.25, 0.3) is 0 Å². The molecule has 138 valence electrons. The number of nitrogens with one attached hydrogen (secondary N) is 1. The average Bonchev–Trinajstić information content (AvgIpc) is 2.59. The summed E-state index contributed by atoms with van der Waals surface area (Å²) in [5.74, 6) is -0.225. The second-order valence-electron chi connectivity index (χ2n) is 6.12. The van der Waals surface area contributed by atoms with Crippen LogP contribution < -0.4 is 5.32 Å². The van der Waals surface area contributed by atoms with Crippen LogP contribution in [-0.2, 0) is 20.7 Å². The first-order valence-corrected chi connectivity index (χ1v) is 8.99. The van der Waals surface area contributed by atoms with Gasteiger partial charge in [-0.25, -0.2) is 0 Å². The molecular weight excluding hydrogens is 342 g/mol. The van der Waals surface area contributed by atoms with Crippen LogP contribution in [-0.4, -0.2) is 74.1 Å². The van der Waals surface area contributed by atoms with E-state index in [9.17, 15) is 9.59 Å². The number of hydrogen-bond acceptors (Lipinski definition) is 4. The van der Waals surface area contributed by atoms with Crippen molar-refractivity contribution < 1.29 is 14.3 Å². The quantitative estimate of drug-likeness (QED) is 0.749. The van der Waals surface area contributed by atoms with Crippen molar-refractivity contribution in [1.82, 2.24) is 15.1 Å². The Morgan fingerprint density at radius 3 is 2.76 bits per heavy atom. The van der Waals surface area contributed by atoms with E-state index in [1.54, 1.807) is 4.90 Å². The van der Waals surface area contributed by atoms with Gasteiger partial charge in [0.15, 0.2) is 0 Å². The number of ether oxygens (including phenoxy) is 1. The topological polar surface area (TPSA) is 61.9 Å². The highest BCUT2D eigenvalue weighted by molar-refractivity contribution is 6.30. The lowest BCUT2D eigenvalue weighted by Gasteiger charge is -2.29. The molecule has 25 heavy (non-hydrogen) atoms. The van der Waals surface area contributed by atoms with Crippen molar-refractivity contribution in [3.05, 3.63) is 34.9 Å². The number of nitrogens with zero attached hydrogens (tertiary/aromatic N) is 2. The van der Waals surface area contributed by atoms with Crippen molar-refractivity contribution in [3.8, 4) is 0 Å². The molecule has 1 aromatic carbocycles. The molecule has 1 aromatic rings. The summed E-state index contributed by atoms with van der Waals surface area (Å²) in [6, 6.07) is 7.58. The van der Waals surface area contributed by atoms with Gasteiger partial charge >= 0.3 is 0 Å². The molecule has 6 nitrogen and oxygen atoms in total. The largest absolute Gasteiger partial charge is 0.379 e. The fourth-order valence-corrected chi connectivity index (χ4v) is 2.92. The van der Waals surface area contributed by atoms with Gasteiger partial charge in [-0.2, -0.15) is 0 Å². The molecule has 1 N–H and O–H groups in total. The van der Waals surface area contributed by atoms with E-state index >= 15 is 0 Å². The van der Waals surface area contributed by atoms with Crippen LogP contribution in [0.1, 0.15) is 12.5 Å². The second-order valence-corrected chi connectivity index (χ2v) is 6.56. The van der Waals surface area contributed by atoms with E-state index in [1.807, 2.05) is 24.3 Å². The van der Waals surface area contributed by atoms with Crippen LogP contribution in [0.5, 0.6) is 0 Å². The van der Waals surface area contributed by atoms with Gasteiger partial charge in [-0.3, -0.25) is 14.5 Å². The van der Waals surface area contributed by atoms with Crippen molar-refractivity contribution in [2.24, 2.45) is 0 Å². The van der Waals surface area contributed by atoms with E-state index in [-0.39, 0.29) is 18.4 Å². The van der Waals surface area contributed by atoms with Crippen molar-refractivity contribution in [1.29, 1.82) is 0 Å². The summed E-state index contributed by atoms with van der Waals surface area (Å²) in [6.07, 6.45) is 0.708. The van der Waals surface area contributed by atoms with Gasteiger partial charge in [0, 0.05) is 44.7 Å². The molecule has 1 fully saturated rings. The molecule has 0 atom stereocenters. The smallest absolute Gasteiger partial charge is 0.239 e. The maximum absolute atomic E-state index is 12.1. The fourth-order valence-electron chi connectivity index (χ4n) is 2.70. The lowest BCUT2D eigenvalue weighted by atomic mass is 10.1. The summed E-state index contributed by atoms with van der Waals surface area (Å²) in [4.78, 5) is 27.7. The number of benzene rings is 1. The van der Waals surface area contributed by atoms with Gasteiger partial charge in [0.2, 0.25) is 11.8 Å². The summed E-state index contributed by atoms with van der Waals surface area (Å²) in [6.45, 7) is 6.63. The predicted octanol–water partition coefficient (Wildman–Crippen LogP) is 1.18. The van der Waals surface area contributed by atoms with E-state index in [1.165, 1.54) is 6.92 Å². The van der Waals surface area contributed by atoms with Crippen molar-refractivity contribution in [2.45, 2.75) is 13.3 Å². The Morgan fingerprint density at radius 2 is 2.08 bits per heavy atom. The number of halogens is 1. The highest BCUT2D eigenvalue weighted by atomic mass is 35.5. The second kappa shape index (κ2) is 10.4. The molecule has 0 aliphatic carbocycles. The van der Waals surface area contributed by atoms with Gasteiger partial charge < -0.3 is 15.0 Å². The van der Waals surface area contributed by atoms with Crippen LogP contribution in [0.25, 0.3) is 0 Å². The summed E-state index contributed by atoms with van der Waals surface area (Å²) in [5, 5.41) is 3.55. The third kappa shape index (κ3) is 7.42. The highest BCUT2D eigenvalue weighted by Crippen LogP contribution is 2.10. The molecule has 1 aliphatic heterocycles. The monoisotopic (exact) mass is 367 g/mol. The minimum Gasteiger partial charge on any atom is -0.379 e. The Bertz CT molecular complexity index is 576. The summed E-state index contributed by atoms with van der Waals surface area (Å²) >= 11 is 5.95. The van der Waals surface area contributed by atoms with Gasteiger partial charge in [-0.1, -0.05) is 23.7 Å². The molecule has 1 aliphatic rings. The summed E-state index contributed by atoms with van der Waals surface area (Å²) < 4.78 is 5.31. The average molecular weight is 368 g/mol. The van der Waals surface area contributed by atoms with Crippen LogP contribution in [0, 0.1) is 0 Å². The van der Waals surface area contributed by atoms with Crippen molar-refractivity contribution in [2.75, 3.05) is 52.5 Å². The molecule has 1 heterocycles. The van der Waals surface area contributed by atoms with Crippen molar-refractivity contribution in [3.63, 3.8) is 0 Å². The van der Waals surface area contributed by atoms with Crippen LogP contribution in [0.15, 0.2) is 24.3 Å². The normalized spacial score (nSPS) is 15.0. The van der Waals surface area contributed by atoms with E-state index in [2.05, 4.69) is 10.2 Å². The van der Waals surface area contributed by atoms with E-state index in [0.717, 1.165) is 38.4 Å². The van der Waals surface area contributed by atoms with E-state index in [4.69, 9.17) is 16.3 Å². The Morgan fingerprint density at radius 1 is 1.32 bits per heavy atom. The van der Waals surface area contributed by atoms with Crippen LogP contribution in [0.4, 0.5) is 0 Å². The number of carbonyl (C=O) groups is 2. The van der Waals surface area contributed by atoms with Crippen LogP contribution >= 0.6 is 11.6 Å². The third-order valence-electron chi connectivity index (χ3n) is 4.19. The molecule has 0 spiro atoms. The Balaban J connectivity index is 1.70. The van der Waals surface area contributed by atoms with Gasteiger partial charge in [-0.15, -0.1) is 0 Å². The minimum atomic E-state index is -0.140. The molecule has 0 bridgehead atoms. The zero-order valence-electron chi connectivity index (χ0n) is 14.7. The first-order valence-electron chi connectivity index (χ1n) is 8.61. The van der Waals surface area contributed by atoms with E-state index in [0.29, 0.717) is 24.5 Å². The van der Waals surface area contributed by atoms with Crippen LogP contribution in [0.2, 0.25) is 5.02 Å². The lowest BCUT2D eigenvalue weighted by molar-refractivity contribution is -0.134. The zero-order chi connectivity index (χ0) is 18.1. The number of rotatable bonds is 8. The molecule has 2 amide bonds. The maximum atomic E-state index is 12.1.